The van der Waals surface area contributed by atoms with E-state index in [0.717, 1.165) is 5.56 Å². The molecule has 0 aromatic carbocycles. The van der Waals surface area contributed by atoms with Crippen molar-refractivity contribution in [1.29, 1.82) is 0 Å². The van der Waals surface area contributed by atoms with Gasteiger partial charge in [-0.05, 0) is 28.9 Å². The van der Waals surface area contributed by atoms with Crippen LogP contribution in [0.4, 0.5) is 0 Å². The molecule has 12 heavy (non-hydrogen) atoms. The molecular formula is C7H4ClN3O. The van der Waals surface area contributed by atoms with Crippen LogP contribution >= 0.6 is 11.6 Å². The first-order valence-corrected chi connectivity index (χ1v) is 3.63. The smallest absolute Gasteiger partial charge is 0.264 e. The topological polar surface area (TPSA) is 51.8 Å². The fourth-order valence-corrected chi connectivity index (χ4v) is 0.929. The Morgan fingerprint density at radius 3 is 2.58 bits per heavy atom. The Morgan fingerprint density at radius 2 is 2.00 bits per heavy atom. The zero-order valence-corrected chi connectivity index (χ0v) is 6.69. The van der Waals surface area contributed by atoms with Crippen molar-refractivity contribution in [3.8, 4) is 11.5 Å². The minimum atomic E-state index is 0.113. The lowest BCUT2D eigenvalue weighted by Gasteiger charge is -1.88. The summed E-state index contributed by atoms with van der Waals surface area (Å²) in [7, 11) is 0. The molecular weight excluding hydrogens is 178 g/mol. The molecule has 0 fully saturated rings. The van der Waals surface area contributed by atoms with Crippen LogP contribution in [-0.4, -0.2) is 15.1 Å². The fourth-order valence-electron chi connectivity index (χ4n) is 0.817. The molecule has 0 radical (unpaired) electrons. The Kier molecular flexibility index (Phi) is 1.75. The molecule has 0 saturated carbocycles. The van der Waals surface area contributed by atoms with E-state index in [1.54, 1.807) is 24.5 Å². The molecule has 2 heterocycles. The summed E-state index contributed by atoms with van der Waals surface area (Å²) < 4.78 is 4.83. The second-order valence-corrected chi connectivity index (χ2v) is 2.44. The van der Waals surface area contributed by atoms with E-state index in [9.17, 15) is 0 Å². The van der Waals surface area contributed by atoms with Crippen LogP contribution in [-0.2, 0) is 0 Å². The van der Waals surface area contributed by atoms with Crippen LogP contribution in [0.2, 0.25) is 5.28 Å². The summed E-state index contributed by atoms with van der Waals surface area (Å²) in [6, 6.07) is 3.54. The lowest BCUT2D eigenvalue weighted by Crippen LogP contribution is -1.76. The van der Waals surface area contributed by atoms with Crippen LogP contribution in [0.3, 0.4) is 0 Å². The summed E-state index contributed by atoms with van der Waals surface area (Å²) in [5, 5.41) is 3.56. The van der Waals surface area contributed by atoms with Crippen LogP contribution in [0.25, 0.3) is 11.5 Å². The van der Waals surface area contributed by atoms with Gasteiger partial charge in [0.2, 0.25) is 0 Å². The average molecular weight is 182 g/mol. The molecule has 2 rings (SSSR count). The highest BCUT2D eigenvalue weighted by atomic mass is 35.5. The third kappa shape index (κ3) is 1.29. The van der Waals surface area contributed by atoms with E-state index in [4.69, 9.17) is 16.1 Å². The third-order valence-electron chi connectivity index (χ3n) is 1.33. The van der Waals surface area contributed by atoms with E-state index in [-0.39, 0.29) is 5.28 Å². The lowest BCUT2D eigenvalue weighted by atomic mass is 10.3. The molecule has 0 atom stereocenters. The number of pyridine rings is 1. The highest BCUT2D eigenvalue weighted by Crippen LogP contribution is 2.16. The summed E-state index contributed by atoms with van der Waals surface area (Å²) in [5.41, 5.74) is 0.810. The Labute approximate surface area is 73.2 Å². The van der Waals surface area contributed by atoms with Crippen molar-refractivity contribution in [2.45, 2.75) is 0 Å². The van der Waals surface area contributed by atoms with Gasteiger partial charge in [-0.25, -0.2) is 0 Å². The van der Waals surface area contributed by atoms with Gasteiger partial charge in [0.15, 0.2) is 0 Å². The predicted molar refractivity (Wildman–Crippen MR) is 42.5 cm³/mol. The SMILES string of the molecule is Clc1noc(-c2ccncc2)n1. The molecule has 2 aromatic heterocycles. The van der Waals surface area contributed by atoms with E-state index < -0.39 is 0 Å². The Balaban J connectivity index is 2.45. The molecule has 5 heteroatoms. The highest BCUT2D eigenvalue weighted by molar-refractivity contribution is 6.28. The Bertz CT molecular complexity index is 373. The molecule has 4 nitrogen and oxygen atoms in total. The monoisotopic (exact) mass is 181 g/mol. The molecule has 0 saturated heterocycles. The molecule has 0 aliphatic rings. The number of hydrogen-bond donors (Lipinski definition) is 0. The number of aromatic nitrogens is 3. The normalized spacial score (nSPS) is 10.1. The van der Waals surface area contributed by atoms with Gasteiger partial charge in [0.1, 0.15) is 0 Å². The molecule has 0 bridgehead atoms. The zero-order chi connectivity index (χ0) is 8.39. The first kappa shape index (κ1) is 7.24. The molecule has 0 spiro atoms. The van der Waals surface area contributed by atoms with E-state index in [1.165, 1.54) is 0 Å². The summed E-state index contributed by atoms with van der Waals surface area (Å²) in [6.45, 7) is 0. The van der Waals surface area contributed by atoms with Crippen LogP contribution in [0.5, 0.6) is 0 Å². The van der Waals surface area contributed by atoms with Gasteiger partial charge >= 0.3 is 0 Å². The Hall–Kier alpha value is -1.42. The summed E-state index contributed by atoms with van der Waals surface area (Å²) in [4.78, 5) is 7.70. The van der Waals surface area contributed by atoms with Gasteiger partial charge in [-0.3, -0.25) is 4.98 Å². The zero-order valence-electron chi connectivity index (χ0n) is 5.94. The summed E-state index contributed by atoms with van der Waals surface area (Å²) >= 11 is 5.48. The highest BCUT2D eigenvalue weighted by Gasteiger charge is 2.04. The van der Waals surface area contributed by atoms with Crippen molar-refractivity contribution in [3.63, 3.8) is 0 Å². The van der Waals surface area contributed by atoms with Gasteiger partial charge in [-0.1, -0.05) is 0 Å². The van der Waals surface area contributed by atoms with Gasteiger partial charge in [0.25, 0.3) is 11.2 Å². The van der Waals surface area contributed by atoms with Crippen molar-refractivity contribution in [2.75, 3.05) is 0 Å². The largest absolute Gasteiger partial charge is 0.333 e. The minimum absolute atomic E-state index is 0.113. The molecule has 0 aliphatic heterocycles. The first-order chi connectivity index (χ1) is 5.86. The maximum Gasteiger partial charge on any atom is 0.264 e. The third-order valence-corrected chi connectivity index (χ3v) is 1.48. The van der Waals surface area contributed by atoms with E-state index in [0.29, 0.717) is 5.89 Å². The maximum absolute atomic E-state index is 5.48. The van der Waals surface area contributed by atoms with Crippen molar-refractivity contribution in [2.24, 2.45) is 0 Å². The molecule has 2 aromatic rings. The van der Waals surface area contributed by atoms with E-state index in [2.05, 4.69) is 15.1 Å². The predicted octanol–water partition coefficient (Wildman–Crippen LogP) is 1.78. The second kappa shape index (κ2) is 2.91. The summed E-state index contributed by atoms with van der Waals surface area (Å²) in [5.74, 6) is 0.405. The first-order valence-electron chi connectivity index (χ1n) is 3.26. The quantitative estimate of drug-likeness (QED) is 0.673. The second-order valence-electron chi connectivity index (χ2n) is 2.10. The molecule has 0 aliphatic carbocycles. The van der Waals surface area contributed by atoms with Gasteiger partial charge in [0, 0.05) is 18.0 Å². The van der Waals surface area contributed by atoms with Crippen LogP contribution in [0.15, 0.2) is 29.0 Å². The molecule has 0 amide bonds. The van der Waals surface area contributed by atoms with Crippen LogP contribution in [0.1, 0.15) is 0 Å². The van der Waals surface area contributed by atoms with Crippen molar-refractivity contribution in [3.05, 3.63) is 29.8 Å². The maximum atomic E-state index is 5.48. The lowest BCUT2D eigenvalue weighted by molar-refractivity contribution is 0.430. The number of hydrogen-bond acceptors (Lipinski definition) is 4. The van der Waals surface area contributed by atoms with Gasteiger partial charge < -0.3 is 4.52 Å². The summed E-state index contributed by atoms with van der Waals surface area (Å²) in [6.07, 6.45) is 3.29. The number of nitrogens with zero attached hydrogens (tertiary/aromatic N) is 3. The van der Waals surface area contributed by atoms with Gasteiger partial charge in [-0.2, -0.15) is 4.98 Å². The molecule has 0 unspecified atom stereocenters. The molecule has 60 valence electrons. The standard InChI is InChI=1S/C7H4ClN3O/c8-7-10-6(12-11-7)5-1-3-9-4-2-5/h1-4H. The van der Waals surface area contributed by atoms with Crippen LogP contribution in [0, 0.1) is 0 Å². The van der Waals surface area contributed by atoms with Gasteiger partial charge in [-0.15, -0.1) is 0 Å². The van der Waals surface area contributed by atoms with Crippen molar-refractivity contribution in [1.82, 2.24) is 15.1 Å². The fraction of sp³-hybridized carbons (Fsp3) is 0. The molecule has 0 N–H and O–H groups in total. The Morgan fingerprint density at radius 1 is 1.25 bits per heavy atom. The average Bonchev–Trinajstić information content (AvgIpc) is 2.54. The van der Waals surface area contributed by atoms with Crippen molar-refractivity contribution < 1.29 is 4.52 Å². The van der Waals surface area contributed by atoms with Gasteiger partial charge in [0.05, 0.1) is 0 Å². The minimum Gasteiger partial charge on any atom is -0.333 e. The number of halogens is 1. The van der Waals surface area contributed by atoms with E-state index in [1.807, 2.05) is 0 Å². The number of rotatable bonds is 1. The van der Waals surface area contributed by atoms with E-state index >= 15 is 0 Å². The van der Waals surface area contributed by atoms with Crippen LogP contribution < -0.4 is 0 Å². The van der Waals surface area contributed by atoms with Crippen molar-refractivity contribution >= 4 is 11.6 Å².